The van der Waals surface area contributed by atoms with Crippen molar-refractivity contribution in [2.75, 3.05) is 11.5 Å². The zero-order valence-corrected chi connectivity index (χ0v) is 10.5. The highest BCUT2D eigenvalue weighted by molar-refractivity contribution is 7.98. The van der Waals surface area contributed by atoms with Gasteiger partial charge in [-0.1, -0.05) is 16.9 Å². The van der Waals surface area contributed by atoms with Gasteiger partial charge in [-0.2, -0.15) is 5.26 Å². The monoisotopic (exact) mass is 261 g/mol. The molecular weight excluding hydrogens is 250 g/mol. The summed E-state index contributed by atoms with van der Waals surface area (Å²) >= 11 is 1.34. The minimum Gasteiger partial charge on any atom is -0.397 e. The zero-order valence-electron chi connectivity index (χ0n) is 9.67. The SMILES string of the molecule is Cc1cc(CSc2nc(N)cc(N)c2C#N)on1. The molecule has 0 bridgehead atoms. The summed E-state index contributed by atoms with van der Waals surface area (Å²) in [6, 6.07) is 5.32. The van der Waals surface area contributed by atoms with E-state index in [1.54, 1.807) is 0 Å². The molecule has 18 heavy (non-hydrogen) atoms. The van der Waals surface area contributed by atoms with Crippen LogP contribution in [0, 0.1) is 18.3 Å². The average molecular weight is 261 g/mol. The van der Waals surface area contributed by atoms with Crippen molar-refractivity contribution in [3.8, 4) is 6.07 Å². The van der Waals surface area contributed by atoms with Crippen molar-refractivity contribution in [1.29, 1.82) is 5.26 Å². The topological polar surface area (TPSA) is 115 Å². The van der Waals surface area contributed by atoms with Crippen LogP contribution in [0.1, 0.15) is 17.0 Å². The van der Waals surface area contributed by atoms with E-state index in [0.29, 0.717) is 33.6 Å². The molecule has 0 aliphatic rings. The molecule has 0 aromatic carbocycles. The first-order chi connectivity index (χ1) is 8.60. The van der Waals surface area contributed by atoms with Gasteiger partial charge in [-0.05, 0) is 6.92 Å². The Morgan fingerprint density at radius 3 is 2.83 bits per heavy atom. The van der Waals surface area contributed by atoms with E-state index in [2.05, 4.69) is 10.1 Å². The highest BCUT2D eigenvalue weighted by Gasteiger charge is 2.11. The summed E-state index contributed by atoms with van der Waals surface area (Å²) in [5.41, 5.74) is 12.8. The van der Waals surface area contributed by atoms with E-state index in [1.807, 2.05) is 19.1 Å². The Balaban J connectivity index is 2.21. The third-order valence-electron chi connectivity index (χ3n) is 2.18. The molecule has 0 amide bonds. The lowest BCUT2D eigenvalue weighted by atomic mass is 10.2. The first-order valence-electron chi connectivity index (χ1n) is 5.11. The van der Waals surface area contributed by atoms with Crippen molar-refractivity contribution in [2.24, 2.45) is 0 Å². The van der Waals surface area contributed by atoms with Crippen molar-refractivity contribution in [2.45, 2.75) is 17.7 Å². The molecular formula is C11H11N5OS. The molecule has 2 rings (SSSR count). The lowest BCUT2D eigenvalue weighted by molar-refractivity contribution is 0.391. The summed E-state index contributed by atoms with van der Waals surface area (Å²) in [6.07, 6.45) is 0. The Morgan fingerprint density at radius 2 is 2.22 bits per heavy atom. The van der Waals surface area contributed by atoms with E-state index in [-0.39, 0.29) is 0 Å². The number of anilines is 2. The van der Waals surface area contributed by atoms with Gasteiger partial charge in [0.05, 0.1) is 17.1 Å². The molecule has 2 aromatic rings. The predicted molar refractivity (Wildman–Crippen MR) is 68.6 cm³/mol. The maximum absolute atomic E-state index is 9.03. The number of nitrogen functional groups attached to an aromatic ring is 2. The summed E-state index contributed by atoms with van der Waals surface area (Å²) in [5.74, 6) is 1.53. The number of hydrogen-bond acceptors (Lipinski definition) is 7. The second-order valence-electron chi connectivity index (χ2n) is 3.65. The number of thioether (sulfide) groups is 1. The Bertz CT molecular complexity index is 616. The first kappa shape index (κ1) is 12.3. The minimum absolute atomic E-state index is 0.294. The smallest absolute Gasteiger partial charge is 0.147 e. The minimum atomic E-state index is 0.294. The van der Waals surface area contributed by atoms with E-state index in [4.69, 9.17) is 21.3 Å². The van der Waals surface area contributed by atoms with Crippen LogP contribution in [0.5, 0.6) is 0 Å². The van der Waals surface area contributed by atoms with Gasteiger partial charge in [0.15, 0.2) is 0 Å². The molecule has 92 valence electrons. The van der Waals surface area contributed by atoms with Crippen molar-refractivity contribution in [3.05, 3.63) is 29.2 Å². The van der Waals surface area contributed by atoms with Gasteiger partial charge >= 0.3 is 0 Å². The first-order valence-corrected chi connectivity index (χ1v) is 6.10. The number of nitrogens with zero attached hydrogens (tertiary/aromatic N) is 3. The van der Waals surface area contributed by atoms with Crippen LogP contribution in [0.3, 0.4) is 0 Å². The van der Waals surface area contributed by atoms with E-state index in [1.165, 1.54) is 17.8 Å². The Hall–Kier alpha value is -2.20. The van der Waals surface area contributed by atoms with Crippen LogP contribution in [-0.2, 0) is 5.75 Å². The van der Waals surface area contributed by atoms with Gasteiger partial charge in [-0.3, -0.25) is 0 Å². The van der Waals surface area contributed by atoms with Crippen LogP contribution in [0.2, 0.25) is 0 Å². The summed E-state index contributed by atoms with van der Waals surface area (Å²) < 4.78 is 5.08. The van der Waals surface area contributed by atoms with Crippen LogP contribution in [0.15, 0.2) is 21.7 Å². The molecule has 0 saturated carbocycles. The van der Waals surface area contributed by atoms with Gasteiger partial charge in [0.25, 0.3) is 0 Å². The second-order valence-corrected chi connectivity index (χ2v) is 4.62. The summed E-state index contributed by atoms with van der Waals surface area (Å²) in [7, 11) is 0. The summed E-state index contributed by atoms with van der Waals surface area (Å²) in [4.78, 5) is 4.10. The number of nitrogens with two attached hydrogens (primary N) is 2. The molecule has 0 spiro atoms. The number of aryl methyl sites for hydroxylation is 1. The molecule has 6 nitrogen and oxygen atoms in total. The van der Waals surface area contributed by atoms with Crippen LogP contribution in [0.4, 0.5) is 11.5 Å². The normalized spacial score (nSPS) is 10.2. The van der Waals surface area contributed by atoms with Crippen molar-refractivity contribution in [1.82, 2.24) is 10.1 Å². The Labute approximate surface area is 108 Å². The number of pyridine rings is 1. The molecule has 0 saturated heterocycles. The molecule has 2 aromatic heterocycles. The van der Waals surface area contributed by atoms with Crippen LogP contribution in [0.25, 0.3) is 0 Å². The molecule has 0 fully saturated rings. The molecule has 2 heterocycles. The highest BCUT2D eigenvalue weighted by atomic mass is 32.2. The van der Waals surface area contributed by atoms with Gasteiger partial charge in [0, 0.05) is 12.1 Å². The zero-order chi connectivity index (χ0) is 13.1. The quantitative estimate of drug-likeness (QED) is 0.808. The fraction of sp³-hybridized carbons (Fsp3) is 0.182. The average Bonchev–Trinajstić information content (AvgIpc) is 2.72. The maximum atomic E-state index is 9.03. The van der Waals surface area contributed by atoms with Gasteiger partial charge in [0.1, 0.15) is 28.2 Å². The number of nitriles is 1. The number of rotatable bonds is 3. The third-order valence-corrected chi connectivity index (χ3v) is 3.17. The predicted octanol–water partition coefficient (Wildman–Crippen LogP) is 1.71. The van der Waals surface area contributed by atoms with Crippen LogP contribution < -0.4 is 11.5 Å². The molecule has 0 radical (unpaired) electrons. The van der Waals surface area contributed by atoms with E-state index < -0.39 is 0 Å². The molecule has 0 unspecified atom stereocenters. The van der Waals surface area contributed by atoms with Crippen LogP contribution >= 0.6 is 11.8 Å². The van der Waals surface area contributed by atoms with Gasteiger partial charge in [-0.25, -0.2) is 4.98 Å². The number of aromatic nitrogens is 2. The van der Waals surface area contributed by atoms with E-state index >= 15 is 0 Å². The number of hydrogen-bond donors (Lipinski definition) is 2. The van der Waals surface area contributed by atoms with Gasteiger partial charge in [0.2, 0.25) is 0 Å². The molecule has 0 aliphatic carbocycles. The van der Waals surface area contributed by atoms with Crippen molar-refractivity contribution >= 4 is 23.3 Å². The van der Waals surface area contributed by atoms with Crippen LogP contribution in [-0.4, -0.2) is 10.1 Å². The lowest BCUT2D eigenvalue weighted by Crippen LogP contribution is -2.00. The molecule has 4 N–H and O–H groups in total. The largest absolute Gasteiger partial charge is 0.397 e. The second kappa shape index (κ2) is 4.98. The van der Waals surface area contributed by atoms with Gasteiger partial charge < -0.3 is 16.0 Å². The molecule has 7 heteroatoms. The fourth-order valence-corrected chi connectivity index (χ4v) is 2.29. The van der Waals surface area contributed by atoms with Crippen molar-refractivity contribution in [3.63, 3.8) is 0 Å². The van der Waals surface area contributed by atoms with Crippen molar-refractivity contribution < 1.29 is 4.52 Å². The van der Waals surface area contributed by atoms with Gasteiger partial charge in [-0.15, -0.1) is 0 Å². The Morgan fingerprint density at radius 1 is 1.44 bits per heavy atom. The summed E-state index contributed by atoms with van der Waals surface area (Å²) in [5, 5.41) is 13.3. The maximum Gasteiger partial charge on any atom is 0.147 e. The lowest BCUT2D eigenvalue weighted by Gasteiger charge is -2.05. The molecule has 0 aliphatic heterocycles. The third kappa shape index (κ3) is 2.55. The standard InChI is InChI=1S/C11H11N5OS/c1-6-2-7(17-16-6)5-18-11-8(4-12)9(13)3-10(14)15-11/h2-3H,5H2,1H3,(H4,13,14,15). The van der Waals surface area contributed by atoms with E-state index in [9.17, 15) is 0 Å². The van der Waals surface area contributed by atoms with E-state index in [0.717, 1.165) is 5.69 Å². The molecule has 0 atom stereocenters. The highest BCUT2D eigenvalue weighted by Crippen LogP contribution is 2.28. The Kier molecular flexibility index (Phi) is 3.39. The summed E-state index contributed by atoms with van der Waals surface area (Å²) in [6.45, 7) is 1.84. The fourth-order valence-electron chi connectivity index (χ4n) is 1.40.